The highest BCUT2D eigenvalue weighted by molar-refractivity contribution is 6.31. The Kier molecular flexibility index (Phi) is 4.22. The molecule has 0 aliphatic carbocycles. The Morgan fingerprint density at radius 2 is 1.92 bits per heavy atom. The summed E-state index contributed by atoms with van der Waals surface area (Å²) in [5.74, 6) is -0.464. The average Bonchev–Trinajstić information content (AvgIpc) is 2.89. The van der Waals surface area contributed by atoms with Crippen LogP contribution in [0.25, 0.3) is 11.0 Å². The molecule has 0 saturated carbocycles. The van der Waals surface area contributed by atoms with Gasteiger partial charge in [0, 0.05) is 24.2 Å². The Hall–Kier alpha value is -2.86. The minimum atomic E-state index is -0.482. The van der Waals surface area contributed by atoms with Gasteiger partial charge in [-0.3, -0.25) is 9.59 Å². The smallest absolute Gasteiger partial charge is 0.287 e. The third-order valence-electron chi connectivity index (χ3n) is 3.74. The molecule has 3 rings (SSSR count). The molecule has 2 amide bonds. The van der Waals surface area contributed by atoms with Crippen molar-refractivity contribution in [1.29, 1.82) is 0 Å². The van der Waals surface area contributed by atoms with Crippen molar-refractivity contribution in [2.24, 2.45) is 12.8 Å². The number of imidazole rings is 1. The van der Waals surface area contributed by atoms with E-state index < -0.39 is 5.91 Å². The fraction of sp³-hybridized carbons (Fsp3) is 0.118. The van der Waals surface area contributed by atoms with Crippen molar-refractivity contribution in [3.05, 3.63) is 64.4 Å². The maximum absolute atomic E-state index is 12.4. The first-order valence-electron chi connectivity index (χ1n) is 7.24. The average molecular weight is 343 g/mol. The van der Waals surface area contributed by atoms with Crippen molar-refractivity contribution in [3.63, 3.8) is 0 Å². The highest BCUT2D eigenvalue weighted by atomic mass is 35.5. The molecule has 0 unspecified atom stereocenters. The Labute approximate surface area is 143 Å². The van der Waals surface area contributed by atoms with E-state index in [1.54, 1.807) is 54.1 Å². The lowest BCUT2D eigenvalue weighted by Gasteiger charge is -2.06. The lowest BCUT2D eigenvalue weighted by atomic mass is 10.1. The number of primary amides is 1. The number of amides is 2. The number of fused-ring (bicyclic) bond motifs is 1. The van der Waals surface area contributed by atoms with E-state index in [-0.39, 0.29) is 5.91 Å². The van der Waals surface area contributed by atoms with Crippen molar-refractivity contribution >= 4 is 34.4 Å². The molecule has 2 aromatic carbocycles. The zero-order chi connectivity index (χ0) is 17.3. The Morgan fingerprint density at radius 3 is 2.58 bits per heavy atom. The number of aryl methyl sites for hydroxylation is 1. The first kappa shape index (κ1) is 16.0. The number of nitrogens with zero attached hydrogens (tertiary/aromatic N) is 2. The van der Waals surface area contributed by atoms with Crippen molar-refractivity contribution < 1.29 is 9.59 Å². The number of nitrogens with two attached hydrogens (primary N) is 1. The van der Waals surface area contributed by atoms with Gasteiger partial charge >= 0.3 is 0 Å². The van der Waals surface area contributed by atoms with Gasteiger partial charge in [-0.05, 0) is 35.9 Å². The van der Waals surface area contributed by atoms with E-state index in [4.69, 9.17) is 17.3 Å². The maximum atomic E-state index is 12.4. The number of hydrogen-bond acceptors (Lipinski definition) is 3. The zero-order valence-corrected chi connectivity index (χ0v) is 13.7. The van der Waals surface area contributed by atoms with Crippen LogP contribution in [0.4, 0.5) is 0 Å². The second-order valence-corrected chi connectivity index (χ2v) is 5.81. The van der Waals surface area contributed by atoms with E-state index in [0.29, 0.717) is 28.5 Å². The van der Waals surface area contributed by atoms with Crippen molar-refractivity contribution in [2.45, 2.75) is 6.54 Å². The summed E-state index contributed by atoms with van der Waals surface area (Å²) in [5, 5.41) is 3.40. The number of aromatic nitrogens is 2. The molecule has 0 spiro atoms. The molecular formula is C17H15ClN4O2. The Balaban J connectivity index is 1.75. The third kappa shape index (κ3) is 3.09. The normalized spacial score (nSPS) is 10.8. The van der Waals surface area contributed by atoms with E-state index in [1.165, 1.54) is 0 Å². The lowest BCUT2D eigenvalue weighted by molar-refractivity contribution is 0.0936. The summed E-state index contributed by atoms with van der Waals surface area (Å²) in [6, 6.07) is 12.0. The topological polar surface area (TPSA) is 90.0 Å². The molecule has 7 heteroatoms. The molecule has 24 heavy (non-hydrogen) atoms. The van der Waals surface area contributed by atoms with Crippen LogP contribution >= 0.6 is 11.6 Å². The van der Waals surface area contributed by atoms with Crippen LogP contribution in [0.15, 0.2) is 42.5 Å². The lowest BCUT2D eigenvalue weighted by Crippen LogP contribution is -2.25. The first-order valence-corrected chi connectivity index (χ1v) is 7.62. The third-order valence-corrected chi connectivity index (χ3v) is 3.97. The maximum Gasteiger partial charge on any atom is 0.287 e. The number of nitrogens with one attached hydrogen (secondary N) is 1. The number of hydrogen-bond donors (Lipinski definition) is 2. The second kappa shape index (κ2) is 6.33. The molecule has 1 heterocycles. The predicted molar refractivity (Wildman–Crippen MR) is 91.9 cm³/mol. The van der Waals surface area contributed by atoms with Crippen LogP contribution in [-0.4, -0.2) is 21.4 Å². The van der Waals surface area contributed by atoms with Crippen molar-refractivity contribution in [3.8, 4) is 0 Å². The van der Waals surface area contributed by atoms with E-state index >= 15 is 0 Å². The van der Waals surface area contributed by atoms with Crippen LogP contribution in [0.5, 0.6) is 0 Å². The molecule has 122 valence electrons. The van der Waals surface area contributed by atoms with Gasteiger partial charge in [0.25, 0.3) is 5.91 Å². The molecule has 6 nitrogen and oxygen atoms in total. The SMILES string of the molecule is Cn1c(C(=O)NCc2ccc(C(N)=O)cc2)nc2ccc(Cl)cc21. The summed E-state index contributed by atoms with van der Waals surface area (Å²) >= 11 is 5.98. The number of carbonyl (C=O) groups is 2. The van der Waals surface area contributed by atoms with Crippen LogP contribution in [0.1, 0.15) is 26.5 Å². The standard InChI is InChI=1S/C17H15ClN4O2/c1-22-14-8-12(18)6-7-13(14)21-16(22)17(24)20-9-10-2-4-11(5-3-10)15(19)23/h2-8H,9H2,1H3,(H2,19,23)(H,20,24). The quantitative estimate of drug-likeness (QED) is 0.762. The van der Waals surface area contributed by atoms with Crippen LogP contribution in [0.3, 0.4) is 0 Å². The van der Waals surface area contributed by atoms with Gasteiger partial charge < -0.3 is 15.6 Å². The van der Waals surface area contributed by atoms with Gasteiger partial charge in [-0.1, -0.05) is 23.7 Å². The fourth-order valence-corrected chi connectivity index (χ4v) is 2.58. The summed E-state index contributed by atoms with van der Waals surface area (Å²) in [5.41, 5.74) is 7.98. The molecule has 3 N–H and O–H groups in total. The molecule has 0 atom stereocenters. The minimum absolute atomic E-state index is 0.288. The van der Waals surface area contributed by atoms with Crippen LogP contribution < -0.4 is 11.1 Å². The zero-order valence-electron chi connectivity index (χ0n) is 12.9. The van der Waals surface area contributed by atoms with Gasteiger partial charge in [0.2, 0.25) is 5.91 Å². The number of rotatable bonds is 4. The summed E-state index contributed by atoms with van der Waals surface area (Å²) in [7, 11) is 1.77. The monoisotopic (exact) mass is 342 g/mol. The molecule has 0 radical (unpaired) electrons. The summed E-state index contributed by atoms with van der Waals surface area (Å²) in [4.78, 5) is 27.7. The molecule has 0 fully saturated rings. The Bertz CT molecular complexity index is 932. The molecule has 0 aliphatic rings. The van der Waals surface area contributed by atoms with Crippen LogP contribution in [0.2, 0.25) is 5.02 Å². The summed E-state index contributed by atoms with van der Waals surface area (Å²) in [6.07, 6.45) is 0. The van der Waals surface area contributed by atoms with Gasteiger partial charge in [-0.2, -0.15) is 0 Å². The van der Waals surface area contributed by atoms with E-state index in [9.17, 15) is 9.59 Å². The van der Waals surface area contributed by atoms with E-state index in [0.717, 1.165) is 11.1 Å². The minimum Gasteiger partial charge on any atom is -0.366 e. The number of benzene rings is 2. The molecule has 0 bridgehead atoms. The van der Waals surface area contributed by atoms with Gasteiger partial charge in [-0.15, -0.1) is 0 Å². The first-order chi connectivity index (χ1) is 11.5. The van der Waals surface area contributed by atoms with E-state index in [2.05, 4.69) is 10.3 Å². The van der Waals surface area contributed by atoms with Crippen LogP contribution in [0, 0.1) is 0 Å². The predicted octanol–water partition coefficient (Wildman–Crippen LogP) is 2.26. The molecule has 1 aromatic heterocycles. The Morgan fingerprint density at radius 1 is 1.21 bits per heavy atom. The van der Waals surface area contributed by atoms with Crippen LogP contribution in [-0.2, 0) is 13.6 Å². The molecule has 0 saturated heterocycles. The summed E-state index contributed by atoms with van der Waals surface area (Å²) < 4.78 is 1.70. The van der Waals surface area contributed by atoms with E-state index in [1.807, 2.05) is 0 Å². The fourth-order valence-electron chi connectivity index (χ4n) is 2.41. The van der Waals surface area contributed by atoms with Gasteiger partial charge in [0.1, 0.15) is 0 Å². The van der Waals surface area contributed by atoms with Gasteiger partial charge in [0.15, 0.2) is 5.82 Å². The number of halogens is 1. The van der Waals surface area contributed by atoms with Crippen molar-refractivity contribution in [2.75, 3.05) is 0 Å². The molecule has 3 aromatic rings. The van der Waals surface area contributed by atoms with Gasteiger partial charge in [-0.25, -0.2) is 4.98 Å². The second-order valence-electron chi connectivity index (χ2n) is 5.37. The summed E-state index contributed by atoms with van der Waals surface area (Å²) in [6.45, 7) is 0.321. The highest BCUT2D eigenvalue weighted by Crippen LogP contribution is 2.19. The molecular weight excluding hydrogens is 328 g/mol. The van der Waals surface area contributed by atoms with Crippen molar-refractivity contribution in [1.82, 2.24) is 14.9 Å². The highest BCUT2D eigenvalue weighted by Gasteiger charge is 2.15. The van der Waals surface area contributed by atoms with Gasteiger partial charge in [0.05, 0.1) is 11.0 Å². The largest absolute Gasteiger partial charge is 0.366 e. The molecule has 0 aliphatic heterocycles. The number of carbonyl (C=O) groups excluding carboxylic acids is 2.